The molecule has 24 heavy (non-hydrogen) atoms. The molecule has 0 amide bonds. The Bertz CT molecular complexity index is 983. The molecule has 0 aliphatic heterocycles. The molecule has 1 aromatic heterocycles. The number of ether oxygens (including phenoxy) is 2. The van der Waals surface area contributed by atoms with Gasteiger partial charge < -0.3 is 9.47 Å². The highest BCUT2D eigenvalue weighted by Gasteiger charge is 2.13. The minimum Gasteiger partial charge on any atom is -0.497 e. The van der Waals surface area contributed by atoms with E-state index in [1.54, 1.807) is 24.3 Å². The first-order chi connectivity index (χ1) is 11.6. The van der Waals surface area contributed by atoms with Gasteiger partial charge >= 0.3 is 0 Å². The van der Waals surface area contributed by atoms with Gasteiger partial charge in [0, 0.05) is 17.0 Å². The molecule has 0 aliphatic carbocycles. The zero-order chi connectivity index (χ0) is 17.3. The van der Waals surface area contributed by atoms with Crippen LogP contribution in [0, 0.1) is 17.1 Å². The van der Waals surface area contributed by atoms with Gasteiger partial charge in [0.1, 0.15) is 5.75 Å². The lowest BCUT2D eigenvalue weighted by molar-refractivity contribution is 0.386. The third kappa shape index (κ3) is 2.72. The number of rotatable bonds is 3. The quantitative estimate of drug-likeness (QED) is 0.699. The summed E-state index contributed by atoms with van der Waals surface area (Å²) < 4.78 is 24.0. The van der Waals surface area contributed by atoms with Crippen LogP contribution in [0.4, 0.5) is 4.39 Å². The Hall–Kier alpha value is -2.84. The summed E-state index contributed by atoms with van der Waals surface area (Å²) in [6.45, 7) is 0. The number of hydrogen-bond acceptors (Lipinski definition) is 4. The topological polar surface area (TPSA) is 55.1 Å². The monoisotopic (exact) mass is 342 g/mol. The first-order valence-electron chi connectivity index (χ1n) is 6.99. The SMILES string of the molecule is COc1cc(Cl)c2nc(-c3ccc(OC)c(F)c3)cc(C#N)c2c1. The Morgan fingerprint density at radius 2 is 1.92 bits per heavy atom. The lowest BCUT2D eigenvalue weighted by atomic mass is 10.0. The van der Waals surface area contributed by atoms with Crippen molar-refractivity contribution in [3.8, 4) is 28.8 Å². The van der Waals surface area contributed by atoms with Crippen LogP contribution in [-0.4, -0.2) is 19.2 Å². The van der Waals surface area contributed by atoms with Crippen molar-refractivity contribution < 1.29 is 13.9 Å². The third-order valence-corrected chi connectivity index (χ3v) is 3.93. The molecule has 0 aliphatic rings. The highest BCUT2D eigenvalue weighted by atomic mass is 35.5. The molecule has 0 radical (unpaired) electrons. The van der Waals surface area contributed by atoms with Crippen molar-refractivity contribution in [3.05, 3.63) is 52.8 Å². The molecule has 2 aromatic carbocycles. The van der Waals surface area contributed by atoms with Crippen LogP contribution in [0.15, 0.2) is 36.4 Å². The molecule has 0 saturated carbocycles. The summed E-state index contributed by atoms with van der Waals surface area (Å²) in [6.07, 6.45) is 0. The van der Waals surface area contributed by atoms with Gasteiger partial charge in [-0.2, -0.15) is 5.26 Å². The molecule has 1 heterocycles. The lowest BCUT2D eigenvalue weighted by Crippen LogP contribution is -1.94. The summed E-state index contributed by atoms with van der Waals surface area (Å²) in [5, 5.41) is 10.4. The van der Waals surface area contributed by atoms with Crippen LogP contribution in [0.3, 0.4) is 0 Å². The zero-order valence-electron chi connectivity index (χ0n) is 12.9. The molecular formula is C18H12ClFN2O2. The van der Waals surface area contributed by atoms with Crippen molar-refractivity contribution in [1.82, 2.24) is 4.98 Å². The maximum absolute atomic E-state index is 14.0. The van der Waals surface area contributed by atoms with Crippen molar-refractivity contribution in [2.45, 2.75) is 0 Å². The lowest BCUT2D eigenvalue weighted by Gasteiger charge is -2.10. The summed E-state index contributed by atoms with van der Waals surface area (Å²) in [7, 11) is 2.92. The number of pyridine rings is 1. The summed E-state index contributed by atoms with van der Waals surface area (Å²) in [4.78, 5) is 4.48. The number of fused-ring (bicyclic) bond motifs is 1. The van der Waals surface area contributed by atoms with Crippen molar-refractivity contribution in [3.63, 3.8) is 0 Å². The van der Waals surface area contributed by atoms with Gasteiger partial charge in [-0.15, -0.1) is 0 Å². The van der Waals surface area contributed by atoms with Crippen LogP contribution >= 0.6 is 11.6 Å². The minimum atomic E-state index is -0.503. The van der Waals surface area contributed by atoms with Gasteiger partial charge in [0.05, 0.1) is 42.1 Å². The molecule has 6 heteroatoms. The van der Waals surface area contributed by atoms with Gasteiger partial charge in [-0.1, -0.05) is 11.6 Å². The smallest absolute Gasteiger partial charge is 0.165 e. The molecule has 0 unspecified atom stereocenters. The van der Waals surface area contributed by atoms with E-state index in [1.165, 1.54) is 26.4 Å². The molecule has 3 rings (SSSR count). The van der Waals surface area contributed by atoms with Crippen LogP contribution in [0.5, 0.6) is 11.5 Å². The Balaban J connectivity index is 2.25. The average molecular weight is 343 g/mol. The molecule has 4 nitrogen and oxygen atoms in total. The first-order valence-corrected chi connectivity index (χ1v) is 7.37. The van der Waals surface area contributed by atoms with E-state index in [0.717, 1.165) is 0 Å². The van der Waals surface area contributed by atoms with Crippen molar-refractivity contribution in [2.24, 2.45) is 0 Å². The second-order valence-corrected chi connectivity index (χ2v) is 5.43. The number of hydrogen-bond donors (Lipinski definition) is 0. The second kappa shape index (κ2) is 6.34. The highest BCUT2D eigenvalue weighted by Crippen LogP contribution is 2.33. The van der Waals surface area contributed by atoms with Crippen LogP contribution < -0.4 is 9.47 Å². The number of nitriles is 1. The van der Waals surface area contributed by atoms with Crippen molar-refractivity contribution in [1.29, 1.82) is 5.26 Å². The molecule has 0 spiro atoms. The van der Waals surface area contributed by atoms with E-state index in [0.29, 0.717) is 38.5 Å². The second-order valence-electron chi connectivity index (χ2n) is 5.02. The molecule has 0 N–H and O–H groups in total. The maximum Gasteiger partial charge on any atom is 0.165 e. The molecule has 0 bridgehead atoms. The minimum absolute atomic E-state index is 0.141. The van der Waals surface area contributed by atoms with Crippen LogP contribution in [-0.2, 0) is 0 Å². The fraction of sp³-hybridized carbons (Fsp3) is 0.111. The van der Waals surface area contributed by atoms with E-state index in [-0.39, 0.29) is 5.75 Å². The van der Waals surface area contributed by atoms with Gasteiger partial charge in [-0.05, 0) is 30.3 Å². The number of nitrogens with zero attached hydrogens (tertiary/aromatic N) is 2. The van der Waals surface area contributed by atoms with Crippen LogP contribution in [0.25, 0.3) is 22.2 Å². The first kappa shape index (κ1) is 16.0. The Labute approximate surface area is 143 Å². The predicted molar refractivity (Wildman–Crippen MR) is 90.0 cm³/mol. The van der Waals surface area contributed by atoms with Crippen LogP contribution in [0.2, 0.25) is 5.02 Å². The number of benzene rings is 2. The van der Waals surface area contributed by atoms with E-state index >= 15 is 0 Å². The molecule has 120 valence electrons. The average Bonchev–Trinajstić information content (AvgIpc) is 2.60. The van der Waals surface area contributed by atoms with E-state index < -0.39 is 5.82 Å². The summed E-state index contributed by atoms with van der Waals surface area (Å²) in [5.74, 6) is 0.174. The standard InChI is InChI=1S/C18H12ClFN2O2/c1-23-12-7-13-11(9-21)6-16(22-18(13)14(19)8-12)10-3-4-17(24-2)15(20)5-10/h3-8H,1-2H3. The predicted octanol–water partition coefficient (Wildman–Crippen LogP) is 4.58. The zero-order valence-corrected chi connectivity index (χ0v) is 13.7. The summed E-state index contributed by atoms with van der Waals surface area (Å²) in [6, 6.07) is 11.5. The largest absolute Gasteiger partial charge is 0.497 e. The van der Waals surface area contributed by atoms with Crippen LogP contribution in [0.1, 0.15) is 5.56 Å². The number of aromatic nitrogens is 1. The Morgan fingerprint density at radius 3 is 2.54 bits per heavy atom. The Morgan fingerprint density at radius 1 is 1.12 bits per heavy atom. The van der Waals surface area contributed by atoms with E-state index in [9.17, 15) is 9.65 Å². The fourth-order valence-corrected chi connectivity index (χ4v) is 2.70. The maximum atomic E-state index is 14.0. The van der Waals surface area contributed by atoms with E-state index in [1.807, 2.05) is 0 Å². The number of methoxy groups -OCH3 is 2. The highest BCUT2D eigenvalue weighted by molar-refractivity contribution is 6.35. The molecule has 3 aromatic rings. The van der Waals surface area contributed by atoms with E-state index in [2.05, 4.69) is 11.1 Å². The Kier molecular flexibility index (Phi) is 4.24. The summed E-state index contributed by atoms with van der Waals surface area (Å²) >= 11 is 6.26. The van der Waals surface area contributed by atoms with Gasteiger partial charge in [0.2, 0.25) is 0 Å². The number of halogens is 2. The third-order valence-electron chi connectivity index (χ3n) is 3.64. The molecule has 0 saturated heterocycles. The molecular weight excluding hydrogens is 331 g/mol. The van der Waals surface area contributed by atoms with Gasteiger partial charge in [0.15, 0.2) is 11.6 Å². The molecule has 0 fully saturated rings. The molecule has 0 atom stereocenters. The van der Waals surface area contributed by atoms with Crippen molar-refractivity contribution in [2.75, 3.05) is 14.2 Å². The normalized spacial score (nSPS) is 10.5. The van der Waals surface area contributed by atoms with Crippen molar-refractivity contribution >= 4 is 22.5 Å². The fourth-order valence-electron chi connectivity index (χ4n) is 2.44. The van der Waals surface area contributed by atoms with E-state index in [4.69, 9.17) is 21.1 Å². The van der Waals surface area contributed by atoms with Gasteiger partial charge in [-0.25, -0.2) is 9.37 Å². The summed E-state index contributed by atoms with van der Waals surface area (Å²) in [5.41, 5.74) is 1.82. The van der Waals surface area contributed by atoms with Gasteiger partial charge in [0.25, 0.3) is 0 Å². The van der Waals surface area contributed by atoms with Gasteiger partial charge in [-0.3, -0.25) is 0 Å².